The third kappa shape index (κ3) is 4.88. The first-order valence-corrected chi connectivity index (χ1v) is 10.9. The van der Waals surface area contributed by atoms with Crippen LogP contribution >= 0.6 is 11.6 Å². The highest BCUT2D eigenvalue weighted by atomic mass is 35.5. The van der Waals surface area contributed by atoms with Crippen LogP contribution in [-0.4, -0.2) is 56.3 Å². The van der Waals surface area contributed by atoms with Gasteiger partial charge in [0.15, 0.2) is 6.61 Å². The van der Waals surface area contributed by atoms with E-state index in [1.807, 2.05) is 13.8 Å². The topological polar surface area (TPSA) is 66.9 Å². The van der Waals surface area contributed by atoms with E-state index in [1.54, 1.807) is 23.1 Å². The number of carbonyl (C=O) groups is 1. The van der Waals surface area contributed by atoms with Gasteiger partial charge >= 0.3 is 0 Å². The molecule has 9 heteroatoms. The molecule has 0 aromatic heterocycles. The van der Waals surface area contributed by atoms with Crippen molar-refractivity contribution in [2.24, 2.45) is 0 Å². The van der Waals surface area contributed by atoms with Crippen molar-refractivity contribution in [3.05, 3.63) is 58.4 Å². The monoisotopic (exact) mass is 440 g/mol. The van der Waals surface area contributed by atoms with Gasteiger partial charge in [-0.15, -0.1) is 0 Å². The van der Waals surface area contributed by atoms with Crippen molar-refractivity contribution in [1.82, 2.24) is 9.21 Å². The lowest BCUT2D eigenvalue weighted by atomic mass is 10.1. The van der Waals surface area contributed by atoms with Crippen LogP contribution < -0.4 is 4.74 Å². The number of hydrogen-bond donors (Lipinski definition) is 0. The summed E-state index contributed by atoms with van der Waals surface area (Å²) >= 11 is 5.88. The van der Waals surface area contributed by atoms with Crippen LogP contribution in [0.2, 0.25) is 5.02 Å². The van der Waals surface area contributed by atoms with E-state index in [1.165, 1.54) is 16.4 Å². The summed E-state index contributed by atoms with van der Waals surface area (Å²) in [5.74, 6) is -0.555. The SMILES string of the molecule is Cc1ccc(S(=O)(=O)N2CCN(C(=O)COc3ccc(F)cc3Cl)CC2)cc1C. The zero-order valence-electron chi connectivity index (χ0n) is 16.2. The molecule has 1 fully saturated rings. The predicted octanol–water partition coefficient (Wildman–Crippen LogP) is 3.01. The molecule has 0 aliphatic carbocycles. The fourth-order valence-electron chi connectivity index (χ4n) is 3.02. The van der Waals surface area contributed by atoms with Gasteiger partial charge in [-0.3, -0.25) is 4.79 Å². The Morgan fingerprint density at radius 3 is 2.38 bits per heavy atom. The molecule has 0 spiro atoms. The Kier molecular flexibility index (Phi) is 6.45. The molecular weight excluding hydrogens is 419 g/mol. The number of carbonyl (C=O) groups excluding carboxylic acids is 1. The smallest absolute Gasteiger partial charge is 0.260 e. The number of ether oxygens (including phenoxy) is 1. The highest BCUT2D eigenvalue weighted by molar-refractivity contribution is 7.89. The summed E-state index contributed by atoms with van der Waals surface area (Å²) in [6, 6.07) is 8.73. The fraction of sp³-hybridized carbons (Fsp3) is 0.350. The van der Waals surface area contributed by atoms with Crippen LogP contribution in [0.15, 0.2) is 41.3 Å². The Bertz CT molecular complexity index is 1020. The maximum absolute atomic E-state index is 13.1. The second kappa shape index (κ2) is 8.69. The quantitative estimate of drug-likeness (QED) is 0.716. The summed E-state index contributed by atoms with van der Waals surface area (Å²) in [4.78, 5) is 14.2. The molecule has 0 saturated carbocycles. The number of amides is 1. The first-order chi connectivity index (χ1) is 13.7. The minimum atomic E-state index is -3.60. The Balaban J connectivity index is 1.58. The first-order valence-electron chi connectivity index (χ1n) is 9.11. The van der Waals surface area contributed by atoms with Gasteiger partial charge in [-0.25, -0.2) is 12.8 Å². The number of aryl methyl sites for hydroxylation is 2. The number of halogens is 2. The maximum atomic E-state index is 13.1. The van der Waals surface area contributed by atoms with Gasteiger partial charge in [0.25, 0.3) is 5.91 Å². The van der Waals surface area contributed by atoms with Crippen molar-refractivity contribution < 1.29 is 22.3 Å². The van der Waals surface area contributed by atoms with E-state index >= 15 is 0 Å². The molecule has 3 rings (SSSR count). The van der Waals surface area contributed by atoms with Crippen LogP contribution in [0.1, 0.15) is 11.1 Å². The molecule has 1 saturated heterocycles. The Morgan fingerprint density at radius 1 is 1.07 bits per heavy atom. The van der Waals surface area contributed by atoms with Crippen molar-refractivity contribution in [2.45, 2.75) is 18.7 Å². The van der Waals surface area contributed by atoms with Crippen molar-refractivity contribution in [2.75, 3.05) is 32.8 Å². The average molecular weight is 441 g/mol. The van der Waals surface area contributed by atoms with E-state index in [0.717, 1.165) is 17.2 Å². The molecule has 156 valence electrons. The number of rotatable bonds is 5. The fourth-order valence-corrected chi connectivity index (χ4v) is 4.75. The number of hydrogen-bond acceptors (Lipinski definition) is 4. The van der Waals surface area contributed by atoms with E-state index in [-0.39, 0.29) is 54.4 Å². The van der Waals surface area contributed by atoms with Crippen molar-refractivity contribution >= 4 is 27.5 Å². The minimum Gasteiger partial charge on any atom is -0.482 e. The molecule has 6 nitrogen and oxygen atoms in total. The number of nitrogens with zero attached hydrogens (tertiary/aromatic N) is 2. The summed E-state index contributed by atoms with van der Waals surface area (Å²) in [5, 5.41) is 0.0853. The predicted molar refractivity (Wildman–Crippen MR) is 108 cm³/mol. The van der Waals surface area contributed by atoms with E-state index < -0.39 is 15.8 Å². The standard InChI is InChI=1S/C20H22ClFN2O4S/c1-14-3-5-17(11-15(14)2)29(26,27)24-9-7-23(8-10-24)20(25)13-28-19-6-4-16(22)12-18(19)21/h3-6,11-12H,7-10,13H2,1-2H3. The normalized spacial score (nSPS) is 15.4. The largest absolute Gasteiger partial charge is 0.482 e. The third-order valence-corrected chi connectivity index (χ3v) is 7.14. The molecule has 2 aromatic rings. The lowest BCUT2D eigenvalue weighted by Gasteiger charge is -2.34. The maximum Gasteiger partial charge on any atom is 0.260 e. The Labute approximate surface area is 174 Å². The van der Waals surface area contributed by atoms with Crippen LogP contribution in [-0.2, 0) is 14.8 Å². The second-order valence-electron chi connectivity index (χ2n) is 6.89. The van der Waals surface area contributed by atoms with Gasteiger partial charge < -0.3 is 9.64 Å². The van der Waals surface area contributed by atoms with Gasteiger partial charge in [0.2, 0.25) is 10.0 Å². The number of sulfonamides is 1. The summed E-state index contributed by atoms with van der Waals surface area (Å²) in [7, 11) is -3.60. The lowest BCUT2D eigenvalue weighted by Crippen LogP contribution is -2.51. The van der Waals surface area contributed by atoms with Crippen molar-refractivity contribution in [3.8, 4) is 5.75 Å². The van der Waals surface area contributed by atoms with E-state index in [4.69, 9.17) is 16.3 Å². The molecule has 0 radical (unpaired) electrons. The molecule has 0 bridgehead atoms. The molecular formula is C20H22ClFN2O4S. The second-order valence-corrected chi connectivity index (χ2v) is 9.24. The molecule has 1 amide bonds. The van der Waals surface area contributed by atoms with Crippen molar-refractivity contribution in [3.63, 3.8) is 0 Å². The molecule has 29 heavy (non-hydrogen) atoms. The molecule has 1 aliphatic rings. The van der Waals surface area contributed by atoms with E-state index in [2.05, 4.69) is 0 Å². The number of benzene rings is 2. The summed E-state index contributed by atoms with van der Waals surface area (Å²) < 4.78 is 45.5. The van der Waals surface area contributed by atoms with E-state index in [9.17, 15) is 17.6 Å². The van der Waals surface area contributed by atoms with Crippen molar-refractivity contribution in [1.29, 1.82) is 0 Å². The van der Waals surface area contributed by atoms with Crippen LogP contribution in [0.3, 0.4) is 0 Å². The molecule has 1 heterocycles. The van der Waals surface area contributed by atoms with Crippen LogP contribution in [0, 0.1) is 19.7 Å². The van der Waals surface area contributed by atoms with Crippen LogP contribution in [0.25, 0.3) is 0 Å². The summed E-state index contributed by atoms with van der Waals surface area (Å²) in [5.41, 5.74) is 1.94. The third-order valence-electron chi connectivity index (χ3n) is 4.95. The first kappa shape index (κ1) is 21.5. The van der Waals surface area contributed by atoms with Gasteiger partial charge in [0.05, 0.1) is 9.92 Å². The lowest BCUT2D eigenvalue weighted by molar-refractivity contribution is -0.134. The average Bonchev–Trinajstić information content (AvgIpc) is 2.69. The van der Waals surface area contributed by atoms with Gasteiger partial charge in [0, 0.05) is 26.2 Å². The van der Waals surface area contributed by atoms with Crippen LogP contribution in [0.5, 0.6) is 5.75 Å². The molecule has 0 unspecified atom stereocenters. The highest BCUT2D eigenvalue weighted by Crippen LogP contribution is 2.25. The van der Waals surface area contributed by atoms with Crippen LogP contribution in [0.4, 0.5) is 4.39 Å². The zero-order valence-corrected chi connectivity index (χ0v) is 17.8. The molecule has 0 N–H and O–H groups in total. The summed E-state index contributed by atoms with van der Waals surface area (Å²) in [6.07, 6.45) is 0. The van der Waals surface area contributed by atoms with Gasteiger partial charge in [-0.1, -0.05) is 17.7 Å². The Morgan fingerprint density at radius 2 is 1.76 bits per heavy atom. The Hall–Kier alpha value is -2.16. The molecule has 1 aliphatic heterocycles. The van der Waals surface area contributed by atoms with E-state index in [0.29, 0.717) is 0 Å². The minimum absolute atomic E-state index is 0.0853. The van der Waals surface area contributed by atoms with Gasteiger partial charge in [-0.2, -0.15) is 4.31 Å². The summed E-state index contributed by atoms with van der Waals surface area (Å²) in [6.45, 7) is 4.49. The van der Waals surface area contributed by atoms with Gasteiger partial charge in [-0.05, 0) is 55.3 Å². The van der Waals surface area contributed by atoms with Gasteiger partial charge in [0.1, 0.15) is 11.6 Å². The highest BCUT2D eigenvalue weighted by Gasteiger charge is 2.30. The molecule has 0 atom stereocenters. The number of piperazine rings is 1. The zero-order chi connectivity index (χ0) is 21.2. The molecule has 2 aromatic carbocycles.